The number of rotatable bonds is 0. The van der Waals surface area contributed by atoms with Crippen molar-refractivity contribution in [1.82, 2.24) is 4.98 Å². The zero-order chi connectivity index (χ0) is 9.42. The first-order chi connectivity index (χ1) is 6.16. The Hall–Kier alpha value is -0.610. The van der Waals surface area contributed by atoms with Crippen LogP contribution in [-0.4, -0.2) is 4.98 Å². The number of benzene rings is 1. The van der Waals surface area contributed by atoms with E-state index >= 15 is 0 Å². The van der Waals surface area contributed by atoms with Crippen LogP contribution in [0.4, 0.5) is 5.69 Å². The van der Waals surface area contributed by atoms with E-state index in [1.165, 1.54) is 0 Å². The third-order valence-corrected chi connectivity index (χ3v) is 2.67. The summed E-state index contributed by atoms with van der Waals surface area (Å²) in [7, 11) is 0. The number of anilines is 1. The van der Waals surface area contributed by atoms with Gasteiger partial charge in [0.15, 0.2) is 0 Å². The van der Waals surface area contributed by atoms with E-state index in [1.54, 1.807) is 6.07 Å². The number of hydrogen-bond acceptors (Lipinski definition) is 2. The van der Waals surface area contributed by atoms with Gasteiger partial charge in [-0.2, -0.15) is 0 Å². The predicted molar refractivity (Wildman–Crippen MR) is 61.6 cm³/mol. The molecule has 0 radical (unpaired) electrons. The van der Waals surface area contributed by atoms with Crippen molar-refractivity contribution in [2.75, 3.05) is 5.73 Å². The van der Waals surface area contributed by atoms with E-state index in [-0.39, 0.29) is 0 Å². The normalized spacial score (nSPS) is 10.6. The van der Waals surface area contributed by atoms with Crippen molar-refractivity contribution in [2.45, 2.75) is 0 Å². The third-order valence-electron chi connectivity index (χ3n) is 1.77. The fourth-order valence-corrected chi connectivity index (χ4v) is 1.98. The number of nitrogens with two attached hydrogens (primary N) is 1. The number of hydrogen-bond donors (Lipinski definition) is 1. The highest BCUT2D eigenvalue weighted by atomic mass is 79.9. The first kappa shape index (κ1) is 8.97. The number of halogens is 2. The molecule has 0 aliphatic heterocycles. The molecule has 0 spiro atoms. The third kappa shape index (κ3) is 1.69. The minimum atomic E-state index is 0.740. The fourth-order valence-electron chi connectivity index (χ4n) is 1.19. The molecule has 2 nitrogen and oxygen atoms in total. The van der Waals surface area contributed by atoms with Crippen LogP contribution in [0.25, 0.3) is 10.9 Å². The molecule has 0 aliphatic carbocycles. The lowest BCUT2D eigenvalue weighted by atomic mass is 10.2. The quantitative estimate of drug-likeness (QED) is 0.758. The second-order valence-electron chi connectivity index (χ2n) is 2.70. The van der Waals surface area contributed by atoms with Crippen LogP contribution in [0.2, 0.25) is 0 Å². The monoisotopic (exact) mass is 300 g/mol. The van der Waals surface area contributed by atoms with Gasteiger partial charge >= 0.3 is 0 Å². The van der Waals surface area contributed by atoms with Crippen molar-refractivity contribution in [2.24, 2.45) is 0 Å². The zero-order valence-corrected chi connectivity index (χ0v) is 9.76. The molecule has 4 heteroatoms. The minimum absolute atomic E-state index is 0.740. The van der Waals surface area contributed by atoms with Gasteiger partial charge < -0.3 is 5.73 Å². The van der Waals surface area contributed by atoms with Gasteiger partial charge in [0.25, 0.3) is 0 Å². The van der Waals surface area contributed by atoms with Gasteiger partial charge in [-0.1, -0.05) is 15.9 Å². The molecule has 2 aromatic rings. The zero-order valence-electron chi connectivity index (χ0n) is 6.59. The lowest BCUT2D eigenvalue weighted by Gasteiger charge is -2.02. The molecule has 0 bridgehead atoms. The molecule has 66 valence electrons. The second kappa shape index (κ2) is 3.27. The Labute approximate surface area is 92.4 Å². The molecule has 0 unspecified atom stereocenters. The molecule has 0 amide bonds. The van der Waals surface area contributed by atoms with Crippen LogP contribution < -0.4 is 5.73 Å². The lowest BCUT2D eigenvalue weighted by molar-refractivity contribution is 1.35. The van der Waals surface area contributed by atoms with E-state index < -0.39 is 0 Å². The van der Waals surface area contributed by atoms with E-state index in [4.69, 9.17) is 5.73 Å². The highest BCUT2D eigenvalue weighted by Crippen LogP contribution is 2.25. The Balaban J connectivity index is 2.86. The van der Waals surface area contributed by atoms with E-state index in [1.807, 2.05) is 18.2 Å². The molecule has 13 heavy (non-hydrogen) atoms. The number of pyridine rings is 1. The average Bonchev–Trinajstić information content (AvgIpc) is 2.02. The van der Waals surface area contributed by atoms with Crippen molar-refractivity contribution in [3.63, 3.8) is 0 Å². The molecular weight excluding hydrogens is 296 g/mol. The molecule has 0 fully saturated rings. The molecule has 2 N–H and O–H groups in total. The summed E-state index contributed by atoms with van der Waals surface area (Å²) in [4.78, 5) is 4.30. The van der Waals surface area contributed by atoms with Gasteiger partial charge in [0.2, 0.25) is 0 Å². The van der Waals surface area contributed by atoms with Crippen LogP contribution in [0.1, 0.15) is 0 Å². The SMILES string of the molecule is Nc1cc(Br)nc2cc(Br)ccc12. The lowest BCUT2D eigenvalue weighted by Crippen LogP contribution is -1.89. The standard InChI is InChI=1S/C9H6Br2N2/c10-5-1-2-6-7(12)4-9(11)13-8(6)3-5/h1-4H,(H2,12,13). The molecule has 2 rings (SSSR count). The maximum Gasteiger partial charge on any atom is 0.108 e. The highest BCUT2D eigenvalue weighted by molar-refractivity contribution is 9.10. The number of nitrogens with zero attached hydrogens (tertiary/aromatic N) is 1. The molecule has 0 aliphatic rings. The number of fused-ring (bicyclic) bond motifs is 1. The van der Waals surface area contributed by atoms with Crippen LogP contribution in [0.15, 0.2) is 33.3 Å². The van der Waals surface area contributed by atoms with Crippen LogP contribution in [-0.2, 0) is 0 Å². The minimum Gasteiger partial charge on any atom is -0.398 e. The number of nitrogen functional groups attached to an aromatic ring is 1. The summed E-state index contributed by atoms with van der Waals surface area (Å²) in [5, 5.41) is 0.978. The first-order valence-corrected chi connectivity index (χ1v) is 5.27. The average molecular weight is 302 g/mol. The summed E-state index contributed by atoms with van der Waals surface area (Å²) in [6.07, 6.45) is 0. The smallest absolute Gasteiger partial charge is 0.108 e. The predicted octanol–water partition coefficient (Wildman–Crippen LogP) is 3.34. The topological polar surface area (TPSA) is 38.9 Å². The Bertz CT molecular complexity index is 463. The molecule has 1 heterocycles. The van der Waals surface area contributed by atoms with Gasteiger partial charge in [-0.25, -0.2) is 4.98 Å². The summed E-state index contributed by atoms with van der Waals surface area (Å²) in [5.41, 5.74) is 7.45. The van der Waals surface area contributed by atoms with Crippen molar-refractivity contribution in [3.05, 3.63) is 33.3 Å². The molecule has 0 saturated heterocycles. The molecule has 1 aromatic heterocycles. The van der Waals surface area contributed by atoms with Crippen molar-refractivity contribution < 1.29 is 0 Å². The maximum absolute atomic E-state index is 5.82. The highest BCUT2D eigenvalue weighted by Gasteiger charge is 2.01. The largest absolute Gasteiger partial charge is 0.398 e. The van der Waals surface area contributed by atoms with E-state index in [2.05, 4.69) is 36.8 Å². The van der Waals surface area contributed by atoms with Gasteiger partial charge in [-0.05, 0) is 40.2 Å². The molecule has 0 atom stereocenters. The number of aromatic nitrogens is 1. The van der Waals surface area contributed by atoms with Gasteiger partial charge in [0.05, 0.1) is 5.52 Å². The Morgan fingerprint density at radius 3 is 2.69 bits per heavy atom. The molecular formula is C9H6Br2N2. The van der Waals surface area contributed by atoms with Crippen molar-refractivity contribution >= 4 is 48.5 Å². The van der Waals surface area contributed by atoms with E-state index in [0.29, 0.717) is 0 Å². The van der Waals surface area contributed by atoms with Crippen molar-refractivity contribution in [1.29, 1.82) is 0 Å². The van der Waals surface area contributed by atoms with Gasteiger partial charge in [0.1, 0.15) is 4.60 Å². The Morgan fingerprint density at radius 1 is 1.15 bits per heavy atom. The summed E-state index contributed by atoms with van der Waals surface area (Å²) in [5.74, 6) is 0. The van der Waals surface area contributed by atoms with Crippen LogP contribution >= 0.6 is 31.9 Å². The summed E-state index contributed by atoms with van der Waals surface area (Å²) >= 11 is 6.69. The van der Waals surface area contributed by atoms with E-state index in [9.17, 15) is 0 Å². The van der Waals surface area contributed by atoms with Gasteiger partial charge in [-0.15, -0.1) is 0 Å². The fraction of sp³-hybridized carbons (Fsp3) is 0. The first-order valence-electron chi connectivity index (χ1n) is 3.68. The maximum atomic E-state index is 5.82. The molecule has 1 aromatic carbocycles. The summed E-state index contributed by atoms with van der Waals surface area (Å²) < 4.78 is 1.76. The second-order valence-corrected chi connectivity index (χ2v) is 4.42. The summed E-state index contributed by atoms with van der Waals surface area (Å²) in [6, 6.07) is 7.65. The van der Waals surface area contributed by atoms with Crippen LogP contribution in [0.5, 0.6) is 0 Å². The summed E-state index contributed by atoms with van der Waals surface area (Å²) in [6.45, 7) is 0. The van der Waals surface area contributed by atoms with Crippen molar-refractivity contribution in [3.8, 4) is 0 Å². The Kier molecular flexibility index (Phi) is 2.26. The van der Waals surface area contributed by atoms with Gasteiger partial charge in [-0.3, -0.25) is 0 Å². The van der Waals surface area contributed by atoms with Crippen LogP contribution in [0, 0.1) is 0 Å². The van der Waals surface area contributed by atoms with Gasteiger partial charge in [0, 0.05) is 15.5 Å². The van der Waals surface area contributed by atoms with E-state index in [0.717, 1.165) is 25.7 Å². The van der Waals surface area contributed by atoms with Crippen LogP contribution in [0.3, 0.4) is 0 Å². The Morgan fingerprint density at radius 2 is 1.92 bits per heavy atom. The molecule has 0 saturated carbocycles.